The highest BCUT2D eigenvalue weighted by molar-refractivity contribution is 5.78. The summed E-state index contributed by atoms with van der Waals surface area (Å²) in [5.74, 6) is 2.41. The van der Waals surface area contributed by atoms with E-state index in [0.717, 1.165) is 41.4 Å². The molecule has 1 aliphatic heterocycles. The van der Waals surface area contributed by atoms with E-state index < -0.39 is 0 Å². The Balaban J connectivity index is 1.30. The first kappa shape index (κ1) is 17.2. The van der Waals surface area contributed by atoms with Gasteiger partial charge in [-0.3, -0.25) is 0 Å². The summed E-state index contributed by atoms with van der Waals surface area (Å²) in [4.78, 5) is 20.8. The van der Waals surface area contributed by atoms with E-state index in [1.807, 2.05) is 47.4 Å². The Bertz CT molecular complexity index is 899. The third-order valence-corrected chi connectivity index (χ3v) is 4.73. The van der Waals surface area contributed by atoms with Crippen molar-refractivity contribution in [3.05, 3.63) is 54.4 Å². The lowest BCUT2D eigenvalue weighted by molar-refractivity contribution is 0.193. The summed E-state index contributed by atoms with van der Waals surface area (Å²) in [5.41, 5.74) is 0.834. The minimum Gasteiger partial charge on any atom is -0.497 e. The van der Waals surface area contributed by atoms with Gasteiger partial charge in [0.05, 0.1) is 13.7 Å². The average molecular weight is 366 g/mol. The number of urea groups is 1. The minimum atomic E-state index is -0.0753. The van der Waals surface area contributed by atoms with Crippen LogP contribution in [0.2, 0.25) is 0 Å². The first-order valence-electron chi connectivity index (χ1n) is 8.98. The molecule has 3 aromatic rings. The molecule has 3 heterocycles. The Morgan fingerprint density at radius 2 is 2.00 bits per heavy atom. The highest BCUT2D eigenvalue weighted by Gasteiger charge is 2.22. The van der Waals surface area contributed by atoms with E-state index in [9.17, 15) is 4.79 Å². The number of nitrogens with zero attached hydrogens (tertiary/aromatic N) is 3. The minimum absolute atomic E-state index is 0.0753. The van der Waals surface area contributed by atoms with Crippen LogP contribution in [-0.2, 0) is 6.54 Å². The van der Waals surface area contributed by atoms with Crippen LogP contribution in [0.5, 0.6) is 5.75 Å². The van der Waals surface area contributed by atoms with Gasteiger partial charge in [0.25, 0.3) is 0 Å². The van der Waals surface area contributed by atoms with Crippen LogP contribution in [0.4, 0.5) is 10.6 Å². The Morgan fingerprint density at radius 1 is 1.19 bits per heavy atom. The zero-order valence-electron chi connectivity index (χ0n) is 15.2. The lowest BCUT2D eigenvalue weighted by Crippen LogP contribution is -2.51. The van der Waals surface area contributed by atoms with Crippen LogP contribution >= 0.6 is 0 Å². The van der Waals surface area contributed by atoms with E-state index in [1.54, 1.807) is 13.3 Å². The number of benzene rings is 1. The van der Waals surface area contributed by atoms with E-state index in [1.165, 1.54) is 0 Å². The molecule has 7 nitrogen and oxygen atoms in total. The summed E-state index contributed by atoms with van der Waals surface area (Å²) >= 11 is 0. The van der Waals surface area contributed by atoms with Gasteiger partial charge in [0.1, 0.15) is 22.9 Å². The molecule has 0 radical (unpaired) electrons. The Kier molecular flexibility index (Phi) is 4.82. The van der Waals surface area contributed by atoms with Crippen LogP contribution in [0.15, 0.2) is 53.1 Å². The summed E-state index contributed by atoms with van der Waals surface area (Å²) < 4.78 is 11.0. The van der Waals surface area contributed by atoms with Gasteiger partial charge in [-0.2, -0.15) is 0 Å². The maximum absolute atomic E-state index is 12.4. The van der Waals surface area contributed by atoms with Crippen molar-refractivity contribution < 1.29 is 13.9 Å². The van der Waals surface area contributed by atoms with E-state index in [0.29, 0.717) is 19.6 Å². The number of fused-ring (bicyclic) bond motifs is 1. The number of piperazine rings is 1. The number of hydrogen-bond acceptors (Lipinski definition) is 5. The molecule has 140 valence electrons. The highest BCUT2D eigenvalue weighted by Crippen LogP contribution is 2.20. The van der Waals surface area contributed by atoms with Crippen molar-refractivity contribution in [3.8, 4) is 5.75 Å². The van der Waals surface area contributed by atoms with Gasteiger partial charge in [0, 0.05) is 43.8 Å². The lowest BCUT2D eigenvalue weighted by Gasteiger charge is -2.35. The number of carbonyl (C=O) groups excluding carboxylic acids is 1. The molecule has 0 atom stereocenters. The normalized spacial score (nSPS) is 14.4. The summed E-state index contributed by atoms with van der Waals surface area (Å²) in [6.07, 6.45) is 1.74. The largest absolute Gasteiger partial charge is 0.497 e. The molecule has 2 amide bonds. The van der Waals surface area contributed by atoms with Crippen molar-refractivity contribution in [1.29, 1.82) is 0 Å². The number of para-hydroxylation sites is 1. The van der Waals surface area contributed by atoms with E-state index in [4.69, 9.17) is 9.15 Å². The monoisotopic (exact) mass is 366 g/mol. The molecular weight excluding hydrogens is 344 g/mol. The molecule has 0 aliphatic carbocycles. The fourth-order valence-corrected chi connectivity index (χ4v) is 3.24. The second kappa shape index (κ2) is 7.57. The first-order valence-corrected chi connectivity index (χ1v) is 8.98. The number of aromatic nitrogens is 1. The molecule has 1 aliphatic rings. The molecule has 0 bridgehead atoms. The molecule has 0 unspecified atom stereocenters. The number of amides is 2. The molecule has 27 heavy (non-hydrogen) atoms. The topological polar surface area (TPSA) is 70.8 Å². The number of rotatable bonds is 4. The standard InChI is InChI=1S/C20H22N4O3/c1-26-16-6-7-21-19(13-16)23-8-10-24(11-9-23)20(25)22-14-17-12-15-4-2-3-5-18(15)27-17/h2-7,12-13H,8-11,14H2,1H3,(H,22,25). The van der Waals surface area contributed by atoms with Crippen molar-refractivity contribution in [1.82, 2.24) is 15.2 Å². The summed E-state index contributed by atoms with van der Waals surface area (Å²) in [6, 6.07) is 13.4. The quantitative estimate of drug-likeness (QED) is 0.769. The highest BCUT2D eigenvalue weighted by atomic mass is 16.5. The van der Waals surface area contributed by atoms with E-state index in [-0.39, 0.29) is 6.03 Å². The van der Waals surface area contributed by atoms with Crippen LogP contribution in [0.3, 0.4) is 0 Å². The number of nitrogens with one attached hydrogen (secondary N) is 1. The Morgan fingerprint density at radius 3 is 2.78 bits per heavy atom. The number of carbonyl (C=O) groups is 1. The summed E-state index contributed by atoms with van der Waals surface area (Å²) in [5, 5.41) is 3.98. The van der Waals surface area contributed by atoms with Gasteiger partial charge in [-0.25, -0.2) is 9.78 Å². The molecule has 1 aromatic carbocycles. The zero-order valence-corrected chi connectivity index (χ0v) is 15.2. The molecule has 1 N–H and O–H groups in total. The number of hydrogen-bond donors (Lipinski definition) is 1. The van der Waals surface area contributed by atoms with Crippen LogP contribution in [0.25, 0.3) is 11.0 Å². The van der Waals surface area contributed by atoms with Crippen LogP contribution < -0.4 is 15.0 Å². The second-order valence-corrected chi connectivity index (χ2v) is 6.44. The molecule has 1 saturated heterocycles. The molecule has 0 spiro atoms. The second-order valence-electron chi connectivity index (χ2n) is 6.44. The van der Waals surface area contributed by atoms with E-state index in [2.05, 4.69) is 15.2 Å². The van der Waals surface area contributed by atoms with Crippen molar-refractivity contribution >= 4 is 22.8 Å². The van der Waals surface area contributed by atoms with Crippen molar-refractivity contribution in [2.45, 2.75) is 6.54 Å². The lowest BCUT2D eigenvalue weighted by atomic mass is 10.2. The summed E-state index contributed by atoms with van der Waals surface area (Å²) in [6.45, 7) is 3.14. The fourth-order valence-electron chi connectivity index (χ4n) is 3.24. The SMILES string of the molecule is COc1ccnc(N2CCN(C(=O)NCc3cc4ccccc4o3)CC2)c1. The van der Waals surface area contributed by atoms with Gasteiger partial charge in [0.2, 0.25) is 0 Å². The number of ether oxygens (including phenoxy) is 1. The van der Waals surface area contributed by atoms with Crippen LogP contribution in [0.1, 0.15) is 5.76 Å². The maximum atomic E-state index is 12.4. The third kappa shape index (κ3) is 3.81. The van der Waals surface area contributed by atoms with Gasteiger partial charge in [-0.05, 0) is 18.2 Å². The van der Waals surface area contributed by atoms with Crippen LogP contribution in [0, 0.1) is 0 Å². The molecule has 1 fully saturated rings. The number of methoxy groups -OCH3 is 1. The molecule has 0 saturated carbocycles. The number of pyridine rings is 1. The smallest absolute Gasteiger partial charge is 0.317 e. The fraction of sp³-hybridized carbons (Fsp3) is 0.300. The zero-order chi connectivity index (χ0) is 18.6. The Labute approximate surface area is 157 Å². The predicted octanol–water partition coefficient (Wildman–Crippen LogP) is 2.87. The molecule has 4 rings (SSSR count). The van der Waals surface area contributed by atoms with Gasteiger partial charge in [-0.1, -0.05) is 18.2 Å². The number of anilines is 1. The van der Waals surface area contributed by atoms with Crippen molar-refractivity contribution in [2.24, 2.45) is 0 Å². The van der Waals surface area contributed by atoms with Gasteiger partial charge >= 0.3 is 6.03 Å². The van der Waals surface area contributed by atoms with Gasteiger partial charge < -0.3 is 24.3 Å². The van der Waals surface area contributed by atoms with Crippen LogP contribution in [-0.4, -0.2) is 49.2 Å². The van der Waals surface area contributed by atoms with Gasteiger partial charge in [-0.15, -0.1) is 0 Å². The average Bonchev–Trinajstić information content (AvgIpc) is 3.15. The predicted molar refractivity (Wildman–Crippen MR) is 103 cm³/mol. The summed E-state index contributed by atoms with van der Waals surface area (Å²) in [7, 11) is 1.64. The van der Waals surface area contributed by atoms with Crippen molar-refractivity contribution in [2.75, 3.05) is 38.2 Å². The first-order chi connectivity index (χ1) is 13.2. The van der Waals surface area contributed by atoms with Gasteiger partial charge in [0.15, 0.2) is 0 Å². The Hall–Kier alpha value is -3.22. The maximum Gasteiger partial charge on any atom is 0.317 e. The molecular formula is C20H22N4O3. The molecule has 7 heteroatoms. The van der Waals surface area contributed by atoms with Crippen molar-refractivity contribution in [3.63, 3.8) is 0 Å². The number of furan rings is 1. The van der Waals surface area contributed by atoms with E-state index >= 15 is 0 Å². The third-order valence-electron chi connectivity index (χ3n) is 4.73. The molecule has 2 aromatic heterocycles.